The molecule has 0 fully saturated rings. The number of benzene rings is 2. The molecule has 0 aliphatic rings. The van der Waals surface area contributed by atoms with Gasteiger partial charge < -0.3 is 13.9 Å². The maximum atomic E-state index is 12.7. The van der Waals surface area contributed by atoms with Crippen LogP contribution in [-0.2, 0) is 14.6 Å². The number of sulfone groups is 1. The number of rotatable bonds is 8. The van der Waals surface area contributed by atoms with E-state index in [9.17, 15) is 18.0 Å². The minimum atomic E-state index is -4.19. The standard InChI is InChI=1S/C22H20O7S/c1-3-28-19-6-4-5-16-13-20(22(24)29-21(16)19)30(25,26)14-17(23)10-7-15-8-11-18(27-2)12-9-15/h4-13H,3,14H2,1-2H3. The lowest BCUT2D eigenvalue weighted by Gasteiger charge is -2.07. The number of methoxy groups -OCH3 is 1. The van der Waals surface area contributed by atoms with Crippen molar-refractivity contribution in [1.82, 2.24) is 0 Å². The molecule has 0 saturated heterocycles. The van der Waals surface area contributed by atoms with Crippen molar-refractivity contribution in [2.24, 2.45) is 0 Å². The molecule has 1 aromatic heterocycles. The topological polar surface area (TPSA) is 99.9 Å². The van der Waals surface area contributed by atoms with Crippen LogP contribution in [0, 0.1) is 0 Å². The summed E-state index contributed by atoms with van der Waals surface area (Å²) in [6, 6.07) is 13.0. The number of carbonyl (C=O) groups is 1. The maximum absolute atomic E-state index is 12.7. The molecule has 30 heavy (non-hydrogen) atoms. The van der Waals surface area contributed by atoms with Crippen LogP contribution in [0.15, 0.2) is 68.7 Å². The summed E-state index contributed by atoms with van der Waals surface area (Å²) in [6.07, 6.45) is 2.66. The minimum absolute atomic E-state index is 0.161. The first-order valence-electron chi connectivity index (χ1n) is 9.11. The lowest BCUT2D eigenvalue weighted by Crippen LogP contribution is -2.21. The molecule has 1 heterocycles. The smallest absolute Gasteiger partial charge is 0.355 e. The van der Waals surface area contributed by atoms with E-state index >= 15 is 0 Å². The third-order valence-corrected chi connectivity index (χ3v) is 5.86. The lowest BCUT2D eigenvalue weighted by molar-refractivity contribution is -0.112. The molecule has 0 radical (unpaired) electrons. The Balaban J connectivity index is 1.84. The number of hydrogen-bond donors (Lipinski definition) is 0. The number of allylic oxidation sites excluding steroid dienone is 1. The van der Waals surface area contributed by atoms with Gasteiger partial charge in [-0.2, -0.15) is 0 Å². The average molecular weight is 428 g/mol. The summed E-state index contributed by atoms with van der Waals surface area (Å²) in [7, 11) is -2.65. The number of carbonyl (C=O) groups excluding carboxylic acids is 1. The molecule has 0 aliphatic heterocycles. The molecule has 2 aromatic carbocycles. The van der Waals surface area contributed by atoms with Crippen molar-refractivity contribution in [2.45, 2.75) is 11.8 Å². The highest BCUT2D eigenvalue weighted by Gasteiger charge is 2.24. The van der Waals surface area contributed by atoms with E-state index in [1.807, 2.05) is 0 Å². The van der Waals surface area contributed by atoms with Gasteiger partial charge in [-0.3, -0.25) is 4.79 Å². The molecule has 7 nitrogen and oxygen atoms in total. The highest BCUT2D eigenvalue weighted by molar-refractivity contribution is 7.92. The summed E-state index contributed by atoms with van der Waals surface area (Å²) >= 11 is 0. The molecule has 8 heteroatoms. The van der Waals surface area contributed by atoms with Gasteiger partial charge in [0.1, 0.15) is 11.5 Å². The zero-order chi connectivity index (χ0) is 21.7. The molecule has 0 saturated carbocycles. The van der Waals surface area contributed by atoms with Gasteiger partial charge in [0.25, 0.3) is 0 Å². The summed E-state index contributed by atoms with van der Waals surface area (Å²) in [5.74, 6) is -0.499. The summed E-state index contributed by atoms with van der Waals surface area (Å²) in [5.41, 5.74) is -0.175. The lowest BCUT2D eigenvalue weighted by atomic mass is 10.2. The predicted molar refractivity (Wildman–Crippen MR) is 113 cm³/mol. The molecule has 0 aliphatic carbocycles. The number of ketones is 1. The zero-order valence-corrected chi connectivity index (χ0v) is 17.3. The van der Waals surface area contributed by atoms with Crippen LogP contribution in [0.4, 0.5) is 0 Å². The van der Waals surface area contributed by atoms with Gasteiger partial charge in [0.2, 0.25) is 0 Å². The number of fused-ring (bicyclic) bond motifs is 1. The van der Waals surface area contributed by atoms with Crippen LogP contribution in [0.2, 0.25) is 0 Å². The minimum Gasteiger partial charge on any atom is -0.497 e. The monoisotopic (exact) mass is 428 g/mol. The van der Waals surface area contributed by atoms with Gasteiger partial charge in [-0.1, -0.05) is 30.3 Å². The number of ether oxygens (including phenoxy) is 2. The molecule has 0 amide bonds. The van der Waals surface area contributed by atoms with Crippen LogP contribution in [0.25, 0.3) is 17.0 Å². The molecule has 0 spiro atoms. The van der Waals surface area contributed by atoms with Crippen LogP contribution >= 0.6 is 0 Å². The molecular weight excluding hydrogens is 408 g/mol. The third-order valence-electron chi connectivity index (χ3n) is 4.24. The van der Waals surface area contributed by atoms with Crippen LogP contribution in [0.1, 0.15) is 12.5 Å². The van der Waals surface area contributed by atoms with Gasteiger partial charge in [0, 0.05) is 5.39 Å². The summed E-state index contributed by atoms with van der Waals surface area (Å²) < 4.78 is 40.9. The van der Waals surface area contributed by atoms with E-state index in [4.69, 9.17) is 13.9 Å². The summed E-state index contributed by atoms with van der Waals surface area (Å²) in [4.78, 5) is 24.0. The SMILES string of the molecule is CCOc1cccc2cc(S(=O)(=O)CC(=O)C=Cc3ccc(OC)cc3)c(=O)oc12. The largest absolute Gasteiger partial charge is 0.497 e. The van der Waals surface area contributed by atoms with Crippen molar-refractivity contribution in [3.8, 4) is 11.5 Å². The highest BCUT2D eigenvalue weighted by Crippen LogP contribution is 2.26. The molecular formula is C22H20O7S. The Labute approximate surface area is 173 Å². The van der Waals surface area contributed by atoms with Crippen LogP contribution in [-0.4, -0.2) is 33.7 Å². The van der Waals surface area contributed by atoms with Crippen molar-refractivity contribution < 1.29 is 27.1 Å². The van der Waals surface area contributed by atoms with Gasteiger partial charge in [0.15, 0.2) is 31.8 Å². The Hall–Kier alpha value is -3.39. The van der Waals surface area contributed by atoms with Crippen molar-refractivity contribution in [1.29, 1.82) is 0 Å². The molecule has 0 bridgehead atoms. The van der Waals surface area contributed by atoms with E-state index in [1.54, 1.807) is 56.5 Å². The Morgan fingerprint density at radius 1 is 1.13 bits per heavy atom. The van der Waals surface area contributed by atoms with Gasteiger partial charge in [-0.05, 0) is 42.8 Å². The van der Waals surface area contributed by atoms with Gasteiger partial charge in [-0.25, -0.2) is 13.2 Å². The van der Waals surface area contributed by atoms with Crippen molar-refractivity contribution >= 4 is 32.7 Å². The van der Waals surface area contributed by atoms with E-state index in [2.05, 4.69) is 0 Å². The van der Waals surface area contributed by atoms with E-state index in [-0.39, 0.29) is 5.58 Å². The molecule has 0 atom stereocenters. The summed E-state index contributed by atoms with van der Waals surface area (Å²) in [6.45, 7) is 2.14. The Morgan fingerprint density at radius 3 is 2.53 bits per heavy atom. The first-order valence-corrected chi connectivity index (χ1v) is 10.8. The zero-order valence-electron chi connectivity index (χ0n) is 16.5. The van der Waals surface area contributed by atoms with Gasteiger partial charge in [-0.15, -0.1) is 0 Å². The maximum Gasteiger partial charge on any atom is 0.355 e. The average Bonchev–Trinajstić information content (AvgIpc) is 2.72. The van der Waals surface area contributed by atoms with E-state index in [1.165, 1.54) is 12.1 Å². The normalized spacial score (nSPS) is 11.7. The third kappa shape index (κ3) is 4.77. The van der Waals surface area contributed by atoms with E-state index < -0.39 is 31.9 Å². The number of hydrogen-bond acceptors (Lipinski definition) is 7. The van der Waals surface area contributed by atoms with E-state index in [0.717, 1.165) is 6.08 Å². The Bertz CT molecular complexity index is 1250. The fraction of sp³-hybridized carbons (Fsp3) is 0.182. The second-order valence-electron chi connectivity index (χ2n) is 6.34. The molecule has 3 rings (SSSR count). The van der Waals surface area contributed by atoms with Gasteiger partial charge >= 0.3 is 5.63 Å². The Morgan fingerprint density at radius 2 is 1.87 bits per heavy atom. The second kappa shape index (κ2) is 8.96. The predicted octanol–water partition coefficient (Wildman–Crippen LogP) is 3.26. The number of para-hydroxylation sites is 1. The van der Waals surface area contributed by atoms with Gasteiger partial charge in [0.05, 0.1) is 13.7 Å². The van der Waals surface area contributed by atoms with Crippen molar-refractivity contribution in [3.63, 3.8) is 0 Å². The highest BCUT2D eigenvalue weighted by atomic mass is 32.2. The Kier molecular flexibility index (Phi) is 6.37. The molecule has 0 unspecified atom stereocenters. The van der Waals surface area contributed by atoms with Crippen LogP contribution in [0.5, 0.6) is 11.5 Å². The first-order chi connectivity index (χ1) is 14.3. The van der Waals surface area contributed by atoms with E-state index in [0.29, 0.717) is 29.1 Å². The van der Waals surface area contributed by atoms with Crippen molar-refractivity contribution in [3.05, 3.63) is 70.6 Å². The second-order valence-corrected chi connectivity index (χ2v) is 8.30. The first kappa shape index (κ1) is 21.3. The molecule has 3 aromatic rings. The van der Waals surface area contributed by atoms with Crippen LogP contribution in [0.3, 0.4) is 0 Å². The quantitative estimate of drug-likeness (QED) is 0.401. The molecule has 0 N–H and O–H groups in total. The molecule has 156 valence electrons. The fourth-order valence-corrected chi connectivity index (χ4v) is 4.03. The summed E-state index contributed by atoms with van der Waals surface area (Å²) in [5, 5.41) is 0.389. The fourth-order valence-electron chi connectivity index (χ4n) is 2.80. The van der Waals surface area contributed by atoms with Crippen LogP contribution < -0.4 is 15.1 Å². The van der Waals surface area contributed by atoms with Crippen molar-refractivity contribution in [2.75, 3.05) is 19.5 Å².